The van der Waals surface area contributed by atoms with E-state index >= 15 is 0 Å². The molecule has 0 aliphatic rings. The van der Waals surface area contributed by atoms with E-state index in [9.17, 15) is 0 Å². The number of methoxy groups -OCH3 is 1. The second-order valence-electron chi connectivity index (χ2n) is 4.89. The standard InChI is InChI=1S/C17H19Br2NO/c1-4-20-17(12-6-5-7-13(9-12)21-3)14-10-15(18)11(2)8-16(14)19/h5-10,17,20H,4H2,1-3H3. The third-order valence-corrected chi connectivity index (χ3v) is 4.97. The van der Waals surface area contributed by atoms with Gasteiger partial charge in [0.05, 0.1) is 13.2 Å². The van der Waals surface area contributed by atoms with Crippen LogP contribution in [0.15, 0.2) is 45.3 Å². The van der Waals surface area contributed by atoms with Gasteiger partial charge in [-0.3, -0.25) is 0 Å². The Labute approximate surface area is 143 Å². The van der Waals surface area contributed by atoms with Gasteiger partial charge in [0.25, 0.3) is 0 Å². The van der Waals surface area contributed by atoms with Gasteiger partial charge in [0.15, 0.2) is 0 Å². The first-order valence-electron chi connectivity index (χ1n) is 6.89. The Morgan fingerprint density at radius 1 is 1.14 bits per heavy atom. The lowest BCUT2D eigenvalue weighted by Crippen LogP contribution is -2.22. The van der Waals surface area contributed by atoms with Crippen molar-refractivity contribution in [1.82, 2.24) is 5.32 Å². The molecule has 0 amide bonds. The Hall–Kier alpha value is -0.840. The molecule has 2 nitrogen and oxygen atoms in total. The summed E-state index contributed by atoms with van der Waals surface area (Å²) in [6.07, 6.45) is 0. The first-order valence-corrected chi connectivity index (χ1v) is 8.48. The zero-order valence-corrected chi connectivity index (χ0v) is 15.6. The molecule has 4 heteroatoms. The SMILES string of the molecule is CCNC(c1cccc(OC)c1)c1cc(Br)c(C)cc1Br. The van der Waals surface area contributed by atoms with Crippen molar-refractivity contribution in [1.29, 1.82) is 0 Å². The fourth-order valence-electron chi connectivity index (χ4n) is 2.32. The molecule has 0 spiro atoms. The quantitative estimate of drug-likeness (QED) is 0.725. The van der Waals surface area contributed by atoms with Crippen LogP contribution in [-0.4, -0.2) is 13.7 Å². The van der Waals surface area contributed by atoms with Crippen molar-refractivity contribution in [2.75, 3.05) is 13.7 Å². The summed E-state index contributed by atoms with van der Waals surface area (Å²) in [5.74, 6) is 0.873. The van der Waals surface area contributed by atoms with E-state index in [0.717, 1.165) is 21.2 Å². The molecule has 0 saturated heterocycles. The molecule has 21 heavy (non-hydrogen) atoms. The molecule has 0 radical (unpaired) electrons. The van der Waals surface area contributed by atoms with E-state index in [4.69, 9.17) is 4.74 Å². The Morgan fingerprint density at radius 3 is 2.57 bits per heavy atom. The van der Waals surface area contributed by atoms with E-state index in [-0.39, 0.29) is 6.04 Å². The largest absolute Gasteiger partial charge is 0.497 e. The van der Waals surface area contributed by atoms with E-state index in [2.05, 4.69) is 75.3 Å². The maximum Gasteiger partial charge on any atom is 0.119 e. The van der Waals surface area contributed by atoms with Crippen molar-refractivity contribution in [2.45, 2.75) is 19.9 Å². The second kappa shape index (κ2) is 7.43. The Morgan fingerprint density at radius 2 is 1.90 bits per heavy atom. The van der Waals surface area contributed by atoms with Crippen molar-refractivity contribution in [3.63, 3.8) is 0 Å². The summed E-state index contributed by atoms with van der Waals surface area (Å²) in [4.78, 5) is 0. The molecule has 2 aromatic carbocycles. The molecule has 0 fully saturated rings. The van der Waals surface area contributed by atoms with Crippen molar-refractivity contribution >= 4 is 31.9 Å². The van der Waals surface area contributed by atoms with Gasteiger partial charge in [0.1, 0.15) is 5.75 Å². The minimum absolute atomic E-state index is 0.122. The molecule has 0 heterocycles. The number of hydrogen-bond acceptors (Lipinski definition) is 2. The molecular weight excluding hydrogens is 394 g/mol. The monoisotopic (exact) mass is 411 g/mol. The average molecular weight is 413 g/mol. The highest BCUT2D eigenvalue weighted by atomic mass is 79.9. The predicted octanol–water partition coefficient (Wildman–Crippen LogP) is 5.23. The van der Waals surface area contributed by atoms with Gasteiger partial charge in [0.2, 0.25) is 0 Å². The lowest BCUT2D eigenvalue weighted by Gasteiger charge is -2.21. The molecule has 1 atom stereocenters. The normalized spacial score (nSPS) is 12.2. The topological polar surface area (TPSA) is 21.3 Å². The number of hydrogen-bond donors (Lipinski definition) is 1. The zero-order chi connectivity index (χ0) is 15.4. The van der Waals surface area contributed by atoms with Crippen LogP contribution in [0.2, 0.25) is 0 Å². The van der Waals surface area contributed by atoms with Crippen LogP contribution in [0.5, 0.6) is 5.75 Å². The molecule has 2 rings (SSSR count). The summed E-state index contributed by atoms with van der Waals surface area (Å²) < 4.78 is 7.57. The first kappa shape index (κ1) is 16.5. The Balaban J connectivity index is 2.50. The maximum absolute atomic E-state index is 5.34. The van der Waals surface area contributed by atoms with E-state index in [1.54, 1.807) is 7.11 Å². The van der Waals surface area contributed by atoms with Crippen LogP contribution < -0.4 is 10.1 Å². The number of ether oxygens (including phenoxy) is 1. The van der Waals surface area contributed by atoms with Crippen LogP contribution in [-0.2, 0) is 0 Å². The fourth-order valence-corrected chi connectivity index (χ4v) is 3.36. The van der Waals surface area contributed by atoms with Crippen molar-refractivity contribution in [3.8, 4) is 5.75 Å². The number of nitrogens with one attached hydrogen (secondary N) is 1. The highest BCUT2D eigenvalue weighted by molar-refractivity contribution is 9.11. The van der Waals surface area contributed by atoms with Crippen LogP contribution in [0.25, 0.3) is 0 Å². The van der Waals surface area contributed by atoms with Crippen molar-refractivity contribution in [2.24, 2.45) is 0 Å². The van der Waals surface area contributed by atoms with E-state index in [0.29, 0.717) is 0 Å². The van der Waals surface area contributed by atoms with E-state index in [1.165, 1.54) is 16.7 Å². The summed E-state index contributed by atoms with van der Waals surface area (Å²) in [5.41, 5.74) is 3.61. The minimum atomic E-state index is 0.122. The van der Waals surface area contributed by atoms with Gasteiger partial charge in [0, 0.05) is 8.95 Å². The summed E-state index contributed by atoms with van der Waals surface area (Å²) >= 11 is 7.32. The Kier molecular flexibility index (Phi) is 5.85. The van der Waals surface area contributed by atoms with Gasteiger partial charge in [-0.2, -0.15) is 0 Å². The third kappa shape index (κ3) is 3.87. The van der Waals surface area contributed by atoms with Crippen molar-refractivity contribution < 1.29 is 4.74 Å². The smallest absolute Gasteiger partial charge is 0.119 e. The molecule has 2 aromatic rings. The molecule has 1 unspecified atom stereocenters. The lowest BCUT2D eigenvalue weighted by atomic mass is 9.97. The molecule has 1 N–H and O–H groups in total. The highest BCUT2D eigenvalue weighted by Crippen LogP contribution is 2.34. The second-order valence-corrected chi connectivity index (χ2v) is 6.60. The average Bonchev–Trinajstić information content (AvgIpc) is 2.49. The van der Waals surface area contributed by atoms with Gasteiger partial charge >= 0.3 is 0 Å². The van der Waals surface area contributed by atoms with E-state index in [1.807, 2.05) is 12.1 Å². The summed E-state index contributed by atoms with van der Waals surface area (Å²) in [6, 6.07) is 12.6. The first-order chi connectivity index (χ1) is 10.1. The van der Waals surface area contributed by atoms with Crippen LogP contribution >= 0.6 is 31.9 Å². The molecule has 0 aliphatic heterocycles. The van der Waals surface area contributed by atoms with Crippen LogP contribution in [0.4, 0.5) is 0 Å². The van der Waals surface area contributed by atoms with Crippen LogP contribution in [0, 0.1) is 6.92 Å². The summed E-state index contributed by atoms with van der Waals surface area (Å²) in [5, 5.41) is 3.55. The summed E-state index contributed by atoms with van der Waals surface area (Å²) in [7, 11) is 1.69. The van der Waals surface area contributed by atoms with Gasteiger partial charge in [-0.25, -0.2) is 0 Å². The number of halogens is 2. The molecule has 0 saturated carbocycles. The van der Waals surface area contributed by atoms with Crippen LogP contribution in [0.3, 0.4) is 0 Å². The Bertz CT molecular complexity index is 628. The molecule has 0 aliphatic carbocycles. The number of benzene rings is 2. The van der Waals surface area contributed by atoms with Crippen molar-refractivity contribution in [3.05, 3.63) is 62.0 Å². The molecule has 0 bridgehead atoms. The van der Waals surface area contributed by atoms with Gasteiger partial charge in [-0.15, -0.1) is 0 Å². The number of rotatable bonds is 5. The lowest BCUT2D eigenvalue weighted by molar-refractivity contribution is 0.413. The fraction of sp³-hybridized carbons (Fsp3) is 0.294. The van der Waals surface area contributed by atoms with Crippen LogP contribution in [0.1, 0.15) is 29.7 Å². The molecular formula is C17H19Br2NO. The zero-order valence-electron chi connectivity index (χ0n) is 12.4. The maximum atomic E-state index is 5.34. The minimum Gasteiger partial charge on any atom is -0.497 e. The molecule has 0 aromatic heterocycles. The highest BCUT2D eigenvalue weighted by Gasteiger charge is 2.17. The summed E-state index contributed by atoms with van der Waals surface area (Å²) in [6.45, 7) is 5.09. The van der Waals surface area contributed by atoms with Gasteiger partial charge in [-0.1, -0.05) is 50.9 Å². The third-order valence-electron chi connectivity index (χ3n) is 3.42. The predicted molar refractivity (Wildman–Crippen MR) is 95.1 cm³/mol. The molecule has 112 valence electrons. The van der Waals surface area contributed by atoms with Gasteiger partial charge < -0.3 is 10.1 Å². The van der Waals surface area contributed by atoms with Gasteiger partial charge in [-0.05, 0) is 54.4 Å². The van der Waals surface area contributed by atoms with E-state index < -0.39 is 0 Å². The number of aryl methyl sites for hydroxylation is 1.